The fourth-order valence-electron chi connectivity index (χ4n) is 8.51. The molecule has 0 saturated carbocycles. The number of thiophene rings is 1. The Morgan fingerprint density at radius 3 is 1.34 bits per heavy atom. The van der Waals surface area contributed by atoms with Gasteiger partial charge in [-0.2, -0.15) is 10.0 Å². The Morgan fingerprint density at radius 1 is 0.557 bits per heavy atom. The van der Waals surface area contributed by atoms with Gasteiger partial charge in [0.2, 0.25) is 0 Å². The number of hydrogen-bond acceptors (Lipinski definition) is 1. The molecule has 316 valence electrons. The fourth-order valence-corrected chi connectivity index (χ4v) is 24.0. The van der Waals surface area contributed by atoms with Crippen molar-refractivity contribution in [3.63, 3.8) is 0 Å². The summed E-state index contributed by atoms with van der Waals surface area (Å²) in [6.07, 6.45) is 7.21. The second kappa shape index (κ2) is 21.6. The monoisotopic (exact) mass is 1130 g/mol. The number of unbranched alkanes of at least 4 members (excludes halogenated alkanes) is 2. The van der Waals surface area contributed by atoms with Gasteiger partial charge in [-0.25, -0.2) is 0 Å². The van der Waals surface area contributed by atoms with Gasteiger partial charge in [-0.3, -0.25) is 0 Å². The van der Waals surface area contributed by atoms with Crippen LogP contribution in [0.5, 0.6) is 0 Å². The minimum atomic E-state index is -1.79. The van der Waals surface area contributed by atoms with Crippen molar-refractivity contribution >= 4 is 105 Å². The first-order chi connectivity index (χ1) is 29.9. The van der Waals surface area contributed by atoms with Crippen LogP contribution in [0.15, 0.2) is 196 Å². The molecule has 9 heteroatoms. The minimum absolute atomic E-state index is 0.0465. The van der Waals surface area contributed by atoms with Crippen LogP contribution in [0, 0.1) is 4.13 Å². The topological polar surface area (TPSA) is 0 Å². The quantitative estimate of drug-likeness (QED) is 0.0752. The third-order valence-corrected chi connectivity index (χ3v) is 24.6. The molecule has 61 heavy (non-hydrogen) atoms. The molecule has 0 nitrogen and oxygen atoms in total. The van der Waals surface area contributed by atoms with E-state index in [2.05, 4.69) is 201 Å². The molecule has 3 heterocycles. The SMILES string of the molecule is CCCCc1ccc(S2(c3ccc(CCCC)cc3)CC(P(c3ccccc3)c3ccccc3)=C3[SiH]=c4sc(P(c5ccccc5)c5ccccc5)cc4=C32)cc1.[Cl][Au]([Cl])[Cl]. The van der Waals surface area contributed by atoms with E-state index in [1.165, 1.54) is 72.4 Å². The van der Waals surface area contributed by atoms with Crippen LogP contribution in [-0.2, 0) is 28.0 Å². The van der Waals surface area contributed by atoms with E-state index >= 15 is 0 Å². The number of hydrogen-bond donors (Lipinski definition) is 0. The Bertz CT molecular complexity index is 2540. The Hall–Kier alpha value is -2.33. The summed E-state index contributed by atoms with van der Waals surface area (Å²) in [6.45, 7) is 4.60. The van der Waals surface area contributed by atoms with E-state index in [4.69, 9.17) is 27.6 Å². The van der Waals surface area contributed by atoms with Crippen molar-refractivity contribution < 1.29 is 15.2 Å². The van der Waals surface area contributed by atoms with E-state index in [9.17, 15) is 0 Å². The van der Waals surface area contributed by atoms with Crippen LogP contribution in [0.25, 0.3) is 4.91 Å². The summed E-state index contributed by atoms with van der Waals surface area (Å²) in [5.41, 5.74) is 2.92. The van der Waals surface area contributed by atoms with Gasteiger partial charge < -0.3 is 0 Å². The standard InChI is InChI=1S/C52H50P2S2Si.Au.3ClH/c1-3-5-19-39-29-33-45(34-30-39)56(46-35-31-40(32-36-46)20-6-4-2)38-48(53(41-21-11-7-12-22-41)42-23-13-8-14-24-42)51-50(56)47-37-49(55-52(47)57-51)54(43-25-15-9-16-26-43)44-27-17-10-18-28-44;;;;/h7-18,21-37,57H,3-6,19-20,38H2,1-2H3;;3*1H/q;+3;;;/p-3. The normalized spacial score (nSPS) is 14.6. The number of fused-ring (bicyclic) bond motifs is 2. The number of aryl methyl sites for hydroxylation is 2. The first-order valence-electron chi connectivity index (χ1n) is 20.9. The predicted octanol–water partition coefficient (Wildman–Crippen LogP) is 13.3. The Balaban J connectivity index is 0.00000123. The van der Waals surface area contributed by atoms with Crippen molar-refractivity contribution in [1.29, 1.82) is 0 Å². The number of benzene rings is 6. The van der Waals surface area contributed by atoms with Crippen LogP contribution in [0.3, 0.4) is 0 Å². The molecule has 2 aliphatic rings. The van der Waals surface area contributed by atoms with Crippen molar-refractivity contribution in [1.82, 2.24) is 0 Å². The van der Waals surface area contributed by atoms with Crippen LogP contribution in [0.4, 0.5) is 0 Å². The molecular weight excluding hydrogens is 1080 g/mol. The molecule has 0 saturated heterocycles. The summed E-state index contributed by atoms with van der Waals surface area (Å²) in [4.78, 5) is 4.73. The second-order valence-corrected chi connectivity index (χ2v) is 35.4. The molecule has 1 aromatic heterocycles. The van der Waals surface area contributed by atoms with Crippen LogP contribution >= 0.6 is 64.8 Å². The molecule has 0 spiro atoms. The number of halogens is 3. The molecular formula is C52H50AuCl3P2S2Si. The van der Waals surface area contributed by atoms with Gasteiger partial charge >= 0.3 is 42.8 Å². The zero-order valence-electron chi connectivity index (χ0n) is 34.4. The van der Waals surface area contributed by atoms with Crippen LogP contribution < -0.4 is 31.1 Å². The van der Waals surface area contributed by atoms with Gasteiger partial charge in [-0.05, 0) is 125 Å². The molecule has 0 bridgehead atoms. The van der Waals surface area contributed by atoms with E-state index in [1.807, 2.05) is 0 Å². The third-order valence-electron chi connectivity index (χ3n) is 11.4. The Labute approximate surface area is 391 Å². The maximum atomic E-state index is 4.95. The van der Waals surface area contributed by atoms with Gasteiger partial charge in [0.15, 0.2) is 0 Å². The number of rotatable bonds is 14. The predicted molar refractivity (Wildman–Crippen MR) is 275 cm³/mol. The van der Waals surface area contributed by atoms with Crippen molar-refractivity contribution in [2.45, 2.75) is 62.2 Å². The van der Waals surface area contributed by atoms with Gasteiger partial charge in [0, 0.05) is 24.6 Å². The molecule has 0 aliphatic carbocycles. The van der Waals surface area contributed by atoms with Gasteiger partial charge in [-0.1, -0.05) is 172 Å². The summed E-state index contributed by atoms with van der Waals surface area (Å²) >= 11 is 0.340. The average Bonchev–Trinajstić information content (AvgIpc) is 3.96. The molecule has 0 fully saturated rings. The summed E-state index contributed by atoms with van der Waals surface area (Å²) in [5.74, 6) is 1.10. The van der Waals surface area contributed by atoms with E-state index in [-0.39, 0.29) is 9.13 Å². The first kappa shape index (κ1) is 45.2. The Kier molecular flexibility index (Phi) is 16.0. The molecule has 0 radical (unpaired) electrons. The molecule has 0 amide bonds. The average molecular weight is 1130 g/mol. The summed E-state index contributed by atoms with van der Waals surface area (Å²) < 4.78 is 3.17. The second-order valence-electron chi connectivity index (χ2n) is 15.2. The third kappa shape index (κ3) is 10.2. The molecule has 2 aliphatic heterocycles. The molecule has 7 aromatic rings. The van der Waals surface area contributed by atoms with Crippen LogP contribution in [-0.4, -0.2) is 14.9 Å². The maximum absolute atomic E-state index is 4.95. The Morgan fingerprint density at radius 2 is 0.951 bits per heavy atom. The zero-order chi connectivity index (χ0) is 42.2. The van der Waals surface area contributed by atoms with Gasteiger partial charge in [0.05, 0.1) is 9.13 Å². The van der Waals surface area contributed by atoms with E-state index in [0.717, 1.165) is 18.6 Å². The van der Waals surface area contributed by atoms with Crippen molar-refractivity contribution in [2.24, 2.45) is 0 Å². The van der Waals surface area contributed by atoms with Crippen LogP contribution in [0.1, 0.15) is 50.7 Å². The zero-order valence-corrected chi connectivity index (χ0v) is 43.4. The van der Waals surface area contributed by atoms with Crippen LogP contribution in [0.2, 0.25) is 0 Å². The molecule has 9 rings (SSSR count). The van der Waals surface area contributed by atoms with Crippen molar-refractivity contribution in [3.8, 4) is 0 Å². The van der Waals surface area contributed by atoms with E-state index < -0.39 is 41.1 Å². The molecule has 0 unspecified atom stereocenters. The summed E-state index contributed by atoms with van der Waals surface area (Å²) in [7, 11) is 11.8. The van der Waals surface area contributed by atoms with E-state index in [0.29, 0.717) is 0 Å². The van der Waals surface area contributed by atoms with E-state index in [1.54, 1.807) is 24.8 Å². The van der Waals surface area contributed by atoms with Gasteiger partial charge in [0.1, 0.15) is 0 Å². The van der Waals surface area contributed by atoms with Crippen molar-refractivity contribution in [2.75, 3.05) is 5.75 Å². The van der Waals surface area contributed by atoms with Crippen molar-refractivity contribution in [3.05, 3.63) is 207 Å². The summed E-state index contributed by atoms with van der Waals surface area (Å²) in [6, 6.07) is 68.3. The molecule has 0 N–H and O–H groups in total. The first-order valence-corrected chi connectivity index (χ1v) is 35.4. The summed E-state index contributed by atoms with van der Waals surface area (Å²) in [5, 5.41) is 10.8. The molecule has 6 aromatic carbocycles. The van der Waals surface area contributed by atoms with Gasteiger partial charge in [-0.15, -0.1) is 11.3 Å². The van der Waals surface area contributed by atoms with Gasteiger partial charge in [0.25, 0.3) is 0 Å². The fraction of sp³-hybridized carbons (Fsp3) is 0.173. The molecule has 0 atom stereocenters.